The van der Waals surface area contributed by atoms with Crippen molar-refractivity contribution in [3.63, 3.8) is 0 Å². The predicted octanol–water partition coefficient (Wildman–Crippen LogP) is 3.71. The van der Waals surface area contributed by atoms with Crippen molar-refractivity contribution >= 4 is 45.4 Å². The molecule has 0 spiro atoms. The van der Waals surface area contributed by atoms with Crippen LogP contribution in [0.3, 0.4) is 0 Å². The average Bonchev–Trinajstić information content (AvgIpc) is 2.66. The molecule has 29 heavy (non-hydrogen) atoms. The van der Waals surface area contributed by atoms with Crippen LogP contribution in [0.2, 0.25) is 0 Å². The van der Waals surface area contributed by atoms with Crippen LogP contribution in [0.1, 0.15) is 0 Å². The first-order chi connectivity index (χ1) is 13.3. The van der Waals surface area contributed by atoms with Gasteiger partial charge in [0, 0.05) is 29.6 Å². The Hall–Kier alpha value is -2.89. The molecule has 0 atom stereocenters. The standard InChI is InChI=1S/C17H14F3N5O2S.ClH/c1-21-28(26,27)12-4-2-3-10(5-12)24-15-8-16(23-9-22-15)25-11-6-13(18)17(20)14(19)7-11;/h2-9,21H,1H3,(H2,22,23,24,25);1H. The third-order valence-electron chi connectivity index (χ3n) is 3.61. The van der Waals surface area contributed by atoms with Crippen molar-refractivity contribution in [2.75, 3.05) is 17.7 Å². The molecule has 1 aromatic heterocycles. The predicted molar refractivity (Wildman–Crippen MR) is 105 cm³/mol. The van der Waals surface area contributed by atoms with Gasteiger partial charge in [0.2, 0.25) is 10.0 Å². The first-order valence-electron chi connectivity index (χ1n) is 7.83. The second-order valence-electron chi connectivity index (χ2n) is 5.53. The number of hydrogen-bond acceptors (Lipinski definition) is 6. The monoisotopic (exact) mass is 445 g/mol. The molecular formula is C17H15ClF3N5O2S. The van der Waals surface area contributed by atoms with Gasteiger partial charge in [0.15, 0.2) is 17.5 Å². The first kappa shape index (κ1) is 22.4. The molecule has 3 rings (SSSR count). The number of anilines is 4. The van der Waals surface area contributed by atoms with Crippen LogP contribution in [0.15, 0.2) is 53.7 Å². The Morgan fingerprint density at radius 1 is 0.862 bits per heavy atom. The molecular weight excluding hydrogens is 431 g/mol. The molecule has 1 heterocycles. The summed E-state index contributed by atoms with van der Waals surface area (Å²) in [5.41, 5.74) is 0.406. The van der Waals surface area contributed by atoms with E-state index >= 15 is 0 Å². The number of sulfonamides is 1. The van der Waals surface area contributed by atoms with Crippen LogP contribution in [0.5, 0.6) is 0 Å². The molecule has 3 N–H and O–H groups in total. The molecule has 0 bridgehead atoms. The minimum Gasteiger partial charge on any atom is -0.340 e. The highest BCUT2D eigenvalue weighted by molar-refractivity contribution is 7.89. The molecule has 3 aromatic rings. The van der Waals surface area contributed by atoms with Crippen molar-refractivity contribution in [2.24, 2.45) is 0 Å². The fourth-order valence-electron chi connectivity index (χ4n) is 2.28. The number of hydrogen-bond donors (Lipinski definition) is 3. The Kier molecular flexibility index (Phi) is 7.01. The van der Waals surface area contributed by atoms with Crippen molar-refractivity contribution in [2.45, 2.75) is 4.90 Å². The summed E-state index contributed by atoms with van der Waals surface area (Å²) in [4.78, 5) is 7.98. The Balaban J connectivity index is 0.00000300. The summed E-state index contributed by atoms with van der Waals surface area (Å²) in [6.45, 7) is 0. The van der Waals surface area contributed by atoms with Crippen LogP contribution in [0.25, 0.3) is 0 Å². The highest BCUT2D eigenvalue weighted by Crippen LogP contribution is 2.23. The van der Waals surface area contributed by atoms with Gasteiger partial charge in [0.1, 0.15) is 18.0 Å². The number of rotatable bonds is 6. The number of nitrogens with one attached hydrogen (secondary N) is 3. The Morgan fingerprint density at radius 2 is 1.45 bits per heavy atom. The molecule has 0 radical (unpaired) electrons. The van der Waals surface area contributed by atoms with Gasteiger partial charge in [-0.3, -0.25) is 0 Å². The van der Waals surface area contributed by atoms with Gasteiger partial charge in [-0.05, 0) is 25.2 Å². The highest BCUT2D eigenvalue weighted by Gasteiger charge is 2.13. The fourth-order valence-corrected chi connectivity index (χ4v) is 3.05. The van der Waals surface area contributed by atoms with E-state index in [9.17, 15) is 21.6 Å². The number of nitrogens with zero attached hydrogens (tertiary/aromatic N) is 2. The van der Waals surface area contributed by atoms with Crippen molar-refractivity contribution in [3.8, 4) is 0 Å². The summed E-state index contributed by atoms with van der Waals surface area (Å²) in [6.07, 6.45) is 1.19. The van der Waals surface area contributed by atoms with Crippen LogP contribution in [0, 0.1) is 17.5 Å². The molecule has 0 aliphatic heterocycles. The smallest absolute Gasteiger partial charge is 0.240 e. The zero-order valence-electron chi connectivity index (χ0n) is 14.8. The minimum absolute atomic E-state index is 0. The van der Waals surface area contributed by atoms with Gasteiger partial charge < -0.3 is 10.6 Å². The molecule has 12 heteroatoms. The van der Waals surface area contributed by atoms with E-state index in [1.807, 2.05) is 0 Å². The van der Waals surface area contributed by atoms with Crippen molar-refractivity contribution in [3.05, 3.63) is 66.2 Å². The third kappa shape index (κ3) is 5.34. The lowest BCUT2D eigenvalue weighted by molar-refractivity contribution is 0.448. The number of halogens is 4. The summed E-state index contributed by atoms with van der Waals surface area (Å²) < 4.78 is 65.7. The maximum atomic E-state index is 13.3. The summed E-state index contributed by atoms with van der Waals surface area (Å²) >= 11 is 0. The molecule has 0 fully saturated rings. The Bertz CT molecular complexity index is 1110. The molecule has 2 aromatic carbocycles. The molecule has 154 valence electrons. The van der Waals surface area contributed by atoms with Gasteiger partial charge in [-0.2, -0.15) is 0 Å². The Morgan fingerprint density at radius 3 is 2.03 bits per heavy atom. The highest BCUT2D eigenvalue weighted by atomic mass is 35.5. The average molecular weight is 446 g/mol. The van der Waals surface area contributed by atoms with E-state index in [1.54, 1.807) is 12.1 Å². The first-order valence-corrected chi connectivity index (χ1v) is 9.31. The van der Waals surface area contributed by atoms with Gasteiger partial charge in [-0.25, -0.2) is 36.3 Å². The lowest BCUT2D eigenvalue weighted by Gasteiger charge is -2.10. The van der Waals surface area contributed by atoms with Crippen molar-refractivity contribution in [1.29, 1.82) is 0 Å². The van der Waals surface area contributed by atoms with E-state index in [0.717, 1.165) is 12.1 Å². The van der Waals surface area contributed by atoms with Gasteiger partial charge in [-0.1, -0.05) is 6.07 Å². The lowest BCUT2D eigenvalue weighted by Crippen LogP contribution is -2.18. The fraction of sp³-hybridized carbons (Fsp3) is 0.0588. The van der Waals surface area contributed by atoms with Crippen molar-refractivity contribution in [1.82, 2.24) is 14.7 Å². The summed E-state index contributed by atoms with van der Waals surface area (Å²) in [5, 5.41) is 5.55. The van der Waals surface area contributed by atoms with E-state index in [4.69, 9.17) is 0 Å². The molecule has 0 amide bonds. The molecule has 0 saturated heterocycles. The van der Waals surface area contributed by atoms with Crippen LogP contribution < -0.4 is 15.4 Å². The molecule has 7 nitrogen and oxygen atoms in total. The van der Waals surface area contributed by atoms with Crippen LogP contribution in [-0.2, 0) is 10.0 Å². The van der Waals surface area contributed by atoms with Crippen LogP contribution >= 0.6 is 12.4 Å². The quantitative estimate of drug-likeness (QED) is 0.500. The normalized spacial score (nSPS) is 10.9. The number of benzene rings is 2. The Labute approximate surface area is 170 Å². The molecule has 0 saturated carbocycles. The maximum Gasteiger partial charge on any atom is 0.240 e. The largest absolute Gasteiger partial charge is 0.340 e. The van der Waals surface area contributed by atoms with E-state index in [1.165, 1.54) is 31.6 Å². The van der Waals surface area contributed by atoms with Crippen molar-refractivity contribution < 1.29 is 21.6 Å². The van der Waals surface area contributed by atoms with E-state index in [-0.39, 0.29) is 28.8 Å². The summed E-state index contributed by atoms with van der Waals surface area (Å²) in [5.74, 6) is -3.76. The topological polar surface area (TPSA) is 96.0 Å². The lowest BCUT2D eigenvalue weighted by atomic mass is 10.3. The zero-order valence-corrected chi connectivity index (χ0v) is 16.4. The van der Waals surface area contributed by atoms with Gasteiger partial charge >= 0.3 is 0 Å². The van der Waals surface area contributed by atoms with E-state index in [0.29, 0.717) is 11.5 Å². The van der Waals surface area contributed by atoms with Gasteiger partial charge in [0.05, 0.1) is 4.90 Å². The van der Waals surface area contributed by atoms with E-state index in [2.05, 4.69) is 25.3 Å². The van der Waals surface area contributed by atoms with Gasteiger partial charge in [0.25, 0.3) is 0 Å². The second-order valence-corrected chi connectivity index (χ2v) is 7.41. The molecule has 0 aliphatic rings. The third-order valence-corrected chi connectivity index (χ3v) is 5.02. The second kappa shape index (κ2) is 9.07. The zero-order chi connectivity index (χ0) is 20.3. The van der Waals surface area contributed by atoms with Crippen LogP contribution in [0.4, 0.5) is 36.2 Å². The minimum atomic E-state index is -3.61. The maximum absolute atomic E-state index is 13.3. The van der Waals surface area contributed by atoms with E-state index < -0.39 is 27.5 Å². The summed E-state index contributed by atoms with van der Waals surface area (Å²) in [6, 6.07) is 9.04. The van der Waals surface area contributed by atoms with Gasteiger partial charge in [-0.15, -0.1) is 12.4 Å². The summed E-state index contributed by atoms with van der Waals surface area (Å²) in [7, 11) is -2.31. The SMILES string of the molecule is CNS(=O)(=O)c1cccc(Nc2cc(Nc3cc(F)c(F)c(F)c3)ncn2)c1.Cl. The van der Waals surface area contributed by atoms with Crippen LogP contribution in [-0.4, -0.2) is 25.4 Å². The number of aromatic nitrogens is 2. The molecule has 0 aliphatic carbocycles. The molecule has 0 unspecified atom stereocenters.